The third-order valence-corrected chi connectivity index (χ3v) is 15.4. The quantitative estimate of drug-likeness (QED) is 0.0357. The summed E-state index contributed by atoms with van der Waals surface area (Å²) in [7, 11) is 0. The van der Waals surface area contributed by atoms with E-state index >= 15 is 0 Å². The number of carboxylic acid groups (broad SMARTS) is 3. The molecule has 0 bridgehead atoms. The molecule has 10 atom stereocenters. The van der Waals surface area contributed by atoms with E-state index in [4.69, 9.17) is 0 Å². The van der Waals surface area contributed by atoms with Crippen LogP contribution in [0.4, 0.5) is 0 Å². The number of aliphatic carboxylic acids is 3. The maximum atomic E-state index is 14.8. The van der Waals surface area contributed by atoms with Gasteiger partial charge in [0.2, 0.25) is 70.9 Å². The zero-order valence-electron chi connectivity index (χ0n) is 51.5. The van der Waals surface area contributed by atoms with Gasteiger partial charge in [-0.15, -0.1) is 0 Å². The Labute approximate surface area is 516 Å². The minimum Gasteiger partial charge on any atom is -0.481 e. The van der Waals surface area contributed by atoms with Crippen LogP contribution < -0.4 is 53.2 Å². The fourth-order valence-corrected chi connectivity index (χ4v) is 10.3. The third-order valence-electron chi connectivity index (χ3n) is 15.4. The number of unbranched alkanes of at least 4 members (excludes halogenated alkanes) is 8. The van der Waals surface area contributed by atoms with Crippen LogP contribution in [0.5, 0.6) is 0 Å². The summed E-state index contributed by atoms with van der Waals surface area (Å²) in [6.45, 7) is 5.09. The Morgan fingerprint density at radius 2 is 1.07 bits per heavy atom. The van der Waals surface area contributed by atoms with Crippen molar-refractivity contribution in [3.63, 3.8) is 0 Å². The molecule has 0 radical (unpaired) electrons. The SMILES string of the molecule is CCC(C)[C@@H]1NC(=O)[C@@H](C(C)O)NC(=O)CNC(=O)[C@H](CC(=O)O)NC(=O)CNC(=O)[C@H](CC(=O)O)NC(=O)CNC(=O)C2CCCCN2C(=O)[C@@H](NC(=O)[C@H](CC(=O)O)NC(=O)/C=C/CCCCCCCCCCC(C)C)CNC(=O)[C@@H]2CCCN2C1=O. The highest BCUT2D eigenvalue weighted by atomic mass is 16.4. The lowest BCUT2D eigenvalue weighted by Gasteiger charge is -2.37. The van der Waals surface area contributed by atoms with Crippen LogP contribution in [0.2, 0.25) is 0 Å². The van der Waals surface area contributed by atoms with Gasteiger partial charge in [0.05, 0.1) is 45.0 Å². The van der Waals surface area contributed by atoms with Gasteiger partial charge in [-0.2, -0.15) is 0 Å². The molecule has 0 spiro atoms. The Bertz CT molecular complexity index is 2550. The molecule has 3 saturated heterocycles. The highest BCUT2D eigenvalue weighted by molar-refractivity contribution is 6.00. The Kier molecular flexibility index (Phi) is 32.8. The number of nitrogens with zero attached hydrogens (tertiary/aromatic N) is 2. The first-order valence-electron chi connectivity index (χ1n) is 30.6. The summed E-state index contributed by atoms with van der Waals surface area (Å²) in [5.41, 5.74) is 0. The maximum Gasteiger partial charge on any atom is 0.305 e. The second-order valence-electron chi connectivity index (χ2n) is 23.1. The van der Waals surface area contributed by atoms with Crippen molar-refractivity contribution in [1.29, 1.82) is 0 Å². The number of hydrogen-bond donors (Lipinski definition) is 14. The number of piperidine rings is 1. The molecule has 12 amide bonds. The van der Waals surface area contributed by atoms with E-state index in [0.29, 0.717) is 25.2 Å². The zero-order chi connectivity index (χ0) is 66.3. The molecule has 3 fully saturated rings. The predicted octanol–water partition coefficient (Wildman–Crippen LogP) is -2.29. The van der Waals surface area contributed by atoms with Crippen LogP contribution in [0.3, 0.4) is 0 Å². The number of nitrogens with one attached hydrogen (secondary N) is 10. The van der Waals surface area contributed by atoms with Crippen LogP contribution in [0.25, 0.3) is 0 Å². The highest BCUT2D eigenvalue weighted by Crippen LogP contribution is 2.23. The molecule has 3 aliphatic heterocycles. The van der Waals surface area contributed by atoms with Crippen molar-refractivity contribution in [1.82, 2.24) is 63.0 Å². The highest BCUT2D eigenvalue weighted by Gasteiger charge is 2.43. The van der Waals surface area contributed by atoms with Crippen molar-refractivity contribution in [3.8, 4) is 0 Å². The summed E-state index contributed by atoms with van der Waals surface area (Å²) in [6.07, 6.45) is 9.55. The van der Waals surface area contributed by atoms with E-state index in [2.05, 4.69) is 67.0 Å². The number of rotatable bonds is 24. The lowest BCUT2D eigenvalue weighted by Crippen LogP contribution is -2.63. The van der Waals surface area contributed by atoms with Crippen molar-refractivity contribution in [2.75, 3.05) is 39.3 Å². The summed E-state index contributed by atoms with van der Waals surface area (Å²) < 4.78 is 0. The van der Waals surface area contributed by atoms with Crippen molar-refractivity contribution in [3.05, 3.63) is 12.2 Å². The summed E-state index contributed by atoms with van der Waals surface area (Å²) in [4.78, 5) is 202. The van der Waals surface area contributed by atoms with Crippen LogP contribution in [0.1, 0.15) is 157 Å². The normalized spacial score (nSPS) is 23.9. The van der Waals surface area contributed by atoms with Gasteiger partial charge in [0.25, 0.3) is 0 Å². The molecule has 0 aliphatic carbocycles. The summed E-state index contributed by atoms with van der Waals surface area (Å²) in [6, 6.07) is -13.2. The van der Waals surface area contributed by atoms with Gasteiger partial charge >= 0.3 is 17.9 Å². The molecule has 31 heteroatoms. The third kappa shape index (κ3) is 26.9. The molecule has 89 heavy (non-hydrogen) atoms. The van der Waals surface area contributed by atoms with Gasteiger partial charge in [-0.05, 0) is 69.8 Å². The molecule has 3 unspecified atom stereocenters. The van der Waals surface area contributed by atoms with E-state index < -0.39 is 195 Å². The van der Waals surface area contributed by atoms with E-state index in [1.165, 1.54) is 36.7 Å². The van der Waals surface area contributed by atoms with Crippen molar-refractivity contribution in [2.45, 2.75) is 211 Å². The molecule has 3 aliphatic rings. The second-order valence-corrected chi connectivity index (χ2v) is 23.1. The monoisotopic (exact) mass is 1260 g/mol. The van der Waals surface area contributed by atoms with Gasteiger partial charge in [0.15, 0.2) is 0 Å². The molecule has 0 aromatic rings. The minimum absolute atomic E-state index is 0.0160. The Hall–Kier alpha value is -8.25. The molecular weight excluding hydrogens is 1170 g/mol. The first-order chi connectivity index (χ1) is 42.1. The number of carbonyl (C=O) groups is 15. The fourth-order valence-electron chi connectivity index (χ4n) is 10.3. The summed E-state index contributed by atoms with van der Waals surface area (Å²) >= 11 is 0. The number of aliphatic hydroxyl groups excluding tert-OH is 1. The number of carboxylic acids is 3. The molecule has 0 saturated carbocycles. The molecule has 31 nitrogen and oxygen atoms in total. The van der Waals surface area contributed by atoms with E-state index in [1.54, 1.807) is 19.9 Å². The summed E-state index contributed by atoms with van der Waals surface area (Å²) in [5, 5.41) is 62.5. The van der Waals surface area contributed by atoms with Crippen LogP contribution in [0, 0.1) is 11.8 Å². The largest absolute Gasteiger partial charge is 0.481 e. The Balaban J connectivity index is 2.00. The number of amides is 12. The van der Waals surface area contributed by atoms with Gasteiger partial charge in [-0.25, -0.2) is 0 Å². The van der Waals surface area contributed by atoms with Gasteiger partial charge in [0.1, 0.15) is 48.3 Å². The molecule has 0 aromatic carbocycles. The van der Waals surface area contributed by atoms with Crippen LogP contribution in [0.15, 0.2) is 12.2 Å². The number of hydrogen-bond acceptors (Lipinski definition) is 16. The first-order valence-corrected chi connectivity index (χ1v) is 30.6. The average molecular weight is 1260 g/mol. The smallest absolute Gasteiger partial charge is 0.305 e. The second kappa shape index (κ2) is 38.9. The van der Waals surface area contributed by atoms with Gasteiger partial charge in [-0.1, -0.05) is 91.6 Å². The van der Waals surface area contributed by atoms with Crippen LogP contribution in [-0.4, -0.2) is 213 Å². The first kappa shape index (κ1) is 75.0. The average Bonchev–Trinajstić information content (AvgIpc) is 2.09. The van der Waals surface area contributed by atoms with Crippen LogP contribution >= 0.6 is 0 Å². The molecule has 14 N–H and O–H groups in total. The molecule has 498 valence electrons. The fraction of sp³-hybridized carbons (Fsp3) is 0.707. The van der Waals surface area contributed by atoms with Crippen molar-refractivity contribution in [2.24, 2.45) is 11.8 Å². The topological polar surface area (TPSA) is 464 Å². The number of aliphatic hydroxyl groups is 1. The number of carbonyl (C=O) groups excluding carboxylic acids is 12. The van der Waals surface area contributed by atoms with E-state index in [0.717, 1.165) is 43.9 Å². The lowest BCUT2D eigenvalue weighted by molar-refractivity contribution is -0.146. The van der Waals surface area contributed by atoms with E-state index in [-0.39, 0.29) is 38.8 Å². The molecular formula is C58H92N12O19. The van der Waals surface area contributed by atoms with Gasteiger partial charge in [-0.3, -0.25) is 71.9 Å². The van der Waals surface area contributed by atoms with Gasteiger partial charge in [0, 0.05) is 19.6 Å². The number of fused-ring (bicyclic) bond motifs is 2. The Morgan fingerprint density at radius 3 is 1.60 bits per heavy atom. The van der Waals surface area contributed by atoms with E-state index in [1.807, 2.05) is 0 Å². The molecule has 3 rings (SSSR count). The standard InChI is InChI=1S/C58H92N12O19/c1-6-34(4)49-58(89)70-25-19-22-41(70)54(85)59-29-39(66-53(84)38(28-48(80)81)63-42(72)23-16-14-12-10-8-7-9-11-13-15-20-33(2)3)57(88)69-24-18-17-21-40(69)55(86)62-31-44(74)65-36(26-46(76)77)51(82)60-30-43(73)64-37(27-47(78)79)52(83)61-32-45(75)67-50(35(5)71)56(87)68-49/h16,23,33-41,49-50,71H,6-15,17-22,24-32H2,1-5H3,(H,59,85)(H,60,82)(H,61,83)(H,62,86)(H,63,72)(H,64,73)(H,65,74)(H,66,84)(H,67,75)(H,68,87)(H,76,77)(H,78,79)(H,80,81)/b23-16+/t34?,35?,36-,37-,38-,39-,40?,41-,49-,50+/m0/s1. The van der Waals surface area contributed by atoms with Gasteiger partial charge < -0.3 is 83.4 Å². The van der Waals surface area contributed by atoms with Crippen molar-refractivity contribution >= 4 is 88.8 Å². The van der Waals surface area contributed by atoms with Crippen molar-refractivity contribution < 1.29 is 92.3 Å². The Morgan fingerprint density at radius 1 is 0.573 bits per heavy atom. The predicted molar refractivity (Wildman–Crippen MR) is 316 cm³/mol. The van der Waals surface area contributed by atoms with E-state index in [9.17, 15) is 92.3 Å². The maximum absolute atomic E-state index is 14.8. The van der Waals surface area contributed by atoms with Crippen LogP contribution in [-0.2, 0) is 71.9 Å². The zero-order valence-corrected chi connectivity index (χ0v) is 51.5. The minimum atomic E-state index is -1.90. The molecule has 0 aromatic heterocycles. The molecule has 3 heterocycles. The lowest BCUT2D eigenvalue weighted by atomic mass is 9.96. The summed E-state index contributed by atoms with van der Waals surface area (Å²) in [5.74, 6) is -17.2. The number of allylic oxidation sites excluding steroid dienone is 1.